The number of hydrogen-bond donors (Lipinski definition) is 1. The molecule has 0 aromatic heterocycles. The van der Waals surface area contributed by atoms with Crippen molar-refractivity contribution < 1.29 is 18.7 Å². The Labute approximate surface area is 181 Å². The predicted molar refractivity (Wildman–Crippen MR) is 115 cm³/mol. The molecule has 0 atom stereocenters. The summed E-state index contributed by atoms with van der Waals surface area (Å²) in [5.41, 5.74) is 3.04. The predicted octanol–water partition coefficient (Wildman–Crippen LogP) is 4.20. The Hall–Kier alpha value is -2.60. The summed E-state index contributed by atoms with van der Waals surface area (Å²) in [5.74, 6) is -0.497. The van der Waals surface area contributed by atoms with Crippen molar-refractivity contribution in [2.75, 3.05) is 19.7 Å². The van der Waals surface area contributed by atoms with E-state index in [1.165, 1.54) is 18.2 Å². The molecule has 3 rings (SSSR count). The molecule has 0 spiro atoms. The van der Waals surface area contributed by atoms with Gasteiger partial charge in [0.15, 0.2) is 6.61 Å². The Balaban J connectivity index is 1.51. The summed E-state index contributed by atoms with van der Waals surface area (Å²) in [4.78, 5) is 26.5. The maximum absolute atomic E-state index is 14.0. The first kappa shape index (κ1) is 22.1. The molecule has 2 aromatic carbocycles. The van der Waals surface area contributed by atoms with E-state index in [0.717, 1.165) is 22.4 Å². The van der Waals surface area contributed by atoms with Gasteiger partial charge in [0.25, 0.3) is 11.8 Å². The number of nitrogens with zero attached hydrogens (tertiary/aromatic N) is 1. The number of nitrogens with one attached hydrogen (secondary N) is 1. The molecule has 2 aromatic rings. The van der Waals surface area contributed by atoms with Gasteiger partial charge in [-0.2, -0.15) is 0 Å². The molecule has 2 amide bonds. The fourth-order valence-electron chi connectivity index (χ4n) is 3.64. The molecule has 0 bridgehead atoms. The van der Waals surface area contributed by atoms with Gasteiger partial charge in [-0.1, -0.05) is 29.8 Å². The summed E-state index contributed by atoms with van der Waals surface area (Å²) in [6.45, 7) is 6.72. The molecule has 0 saturated carbocycles. The Morgan fingerprint density at radius 1 is 1.13 bits per heavy atom. The second kappa shape index (κ2) is 9.47. The number of amides is 2. The van der Waals surface area contributed by atoms with Crippen molar-refractivity contribution in [3.05, 3.63) is 63.4 Å². The van der Waals surface area contributed by atoms with Crippen LogP contribution in [-0.4, -0.2) is 42.5 Å². The topological polar surface area (TPSA) is 58.6 Å². The van der Waals surface area contributed by atoms with Gasteiger partial charge in [0, 0.05) is 19.1 Å². The Kier molecular flexibility index (Phi) is 6.98. The zero-order valence-electron chi connectivity index (χ0n) is 17.4. The van der Waals surface area contributed by atoms with Crippen molar-refractivity contribution in [1.29, 1.82) is 0 Å². The molecule has 5 nitrogen and oxygen atoms in total. The summed E-state index contributed by atoms with van der Waals surface area (Å²) in [5, 5.41) is 3.07. The SMILES string of the molecule is Cc1ccc(C)c(OCC(=O)NC2CCN(C(=O)c3c(F)cccc3Cl)CC2)c1C. The third-order valence-electron chi connectivity index (χ3n) is 5.55. The number of carbonyl (C=O) groups is 2. The molecular formula is C23H26ClFN2O3. The molecule has 0 radical (unpaired) electrons. The summed E-state index contributed by atoms with van der Waals surface area (Å²) >= 11 is 6.00. The largest absolute Gasteiger partial charge is 0.483 e. The van der Waals surface area contributed by atoms with Crippen molar-refractivity contribution >= 4 is 23.4 Å². The summed E-state index contributed by atoms with van der Waals surface area (Å²) in [7, 11) is 0. The van der Waals surface area contributed by atoms with E-state index in [2.05, 4.69) is 5.32 Å². The minimum atomic E-state index is -0.623. The van der Waals surface area contributed by atoms with Crippen molar-refractivity contribution in [2.45, 2.75) is 39.7 Å². The van der Waals surface area contributed by atoms with Crippen LogP contribution in [-0.2, 0) is 4.79 Å². The highest BCUT2D eigenvalue weighted by Crippen LogP contribution is 2.26. The zero-order chi connectivity index (χ0) is 21.8. The molecule has 30 heavy (non-hydrogen) atoms. The third kappa shape index (κ3) is 4.93. The summed E-state index contributed by atoms with van der Waals surface area (Å²) < 4.78 is 19.8. The van der Waals surface area contributed by atoms with Gasteiger partial charge in [-0.25, -0.2) is 4.39 Å². The third-order valence-corrected chi connectivity index (χ3v) is 5.86. The first-order valence-electron chi connectivity index (χ1n) is 10.00. The molecule has 0 aliphatic carbocycles. The maximum atomic E-state index is 14.0. The number of benzene rings is 2. The van der Waals surface area contributed by atoms with E-state index in [4.69, 9.17) is 16.3 Å². The van der Waals surface area contributed by atoms with Gasteiger partial charge in [0.2, 0.25) is 0 Å². The quantitative estimate of drug-likeness (QED) is 0.770. The Morgan fingerprint density at radius 2 is 1.80 bits per heavy atom. The van der Waals surface area contributed by atoms with Gasteiger partial charge in [0.05, 0.1) is 10.6 Å². The van der Waals surface area contributed by atoms with Crippen LogP contribution in [0.4, 0.5) is 4.39 Å². The zero-order valence-corrected chi connectivity index (χ0v) is 18.2. The van der Waals surface area contributed by atoms with Gasteiger partial charge in [-0.15, -0.1) is 0 Å². The van der Waals surface area contributed by atoms with Crippen LogP contribution in [0.3, 0.4) is 0 Å². The monoisotopic (exact) mass is 432 g/mol. The van der Waals surface area contributed by atoms with Crippen molar-refractivity contribution in [1.82, 2.24) is 10.2 Å². The first-order valence-corrected chi connectivity index (χ1v) is 10.4. The number of aryl methyl sites for hydroxylation is 2. The smallest absolute Gasteiger partial charge is 0.258 e. The number of piperidine rings is 1. The number of carbonyl (C=O) groups excluding carboxylic acids is 2. The van der Waals surface area contributed by atoms with E-state index in [9.17, 15) is 14.0 Å². The molecule has 7 heteroatoms. The van der Waals surface area contributed by atoms with Gasteiger partial charge in [0.1, 0.15) is 11.6 Å². The normalized spacial score (nSPS) is 14.5. The number of ether oxygens (including phenoxy) is 1. The number of rotatable bonds is 5. The van der Waals surface area contributed by atoms with Crippen LogP contribution < -0.4 is 10.1 Å². The standard InChI is InChI=1S/C23H26ClFN2O3/c1-14-7-8-15(2)22(16(14)3)30-13-20(28)26-17-9-11-27(12-10-17)23(29)21-18(24)5-4-6-19(21)25/h4-8,17H,9-13H2,1-3H3,(H,26,28). The number of likely N-dealkylation sites (tertiary alicyclic amines) is 1. The number of halogens is 2. The van der Waals surface area contributed by atoms with Crippen LogP contribution in [0.5, 0.6) is 5.75 Å². The summed E-state index contributed by atoms with van der Waals surface area (Å²) in [6.07, 6.45) is 1.18. The number of hydrogen-bond acceptors (Lipinski definition) is 3. The average molecular weight is 433 g/mol. The second-order valence-corrected chi connectivity index (χ2v) is 8.08. The molecule has 0 unspecified atom stereocenters. The van der Waals surface area contributed by atoms with E-state index >= 15 is 0 Å². The first-order chi connectivity index (χ1) is 14.3. The van der Waals surface area contributed by atoms with Crippen LogP contribution in [0.25, 0.3) is 0 Å². The fraction of sp³-hybridized carbons (Fsp3) is 0.391. The average Bonchev–Trinajstić information content (AvgIpc) is 2.71. The van der Waals surface area contributed by atoms with Gasteiger partial charge in [-0.3, -0.25) is 9.59 Å². The lowest BCUT2D eigenvalue weighted by Crippen LogP contribution is -2.47. The molecule has 1 saturated heterocycles. The van der Waals surface area contributed by atoms with Crippen LogP contribution in [0.1, 0.15) is 39.9 Å². The Bertz CT molecular complexity index is 935. The minimum absolute atomic E-state index is 0.0547. The lowest BCUT2D eigenvalue weighted by atomic mass is 10.0. The van der Waals surface area contributed by atoms with Crippen LogP contribution in [0, 0.1) is 26.6 Å². The van der Waals surface area contributed by atoms with Crippen molar-refractivity contribution in [3.8, 4) is 5.75 Å². The van der Waals surface area contributed by atoms with Gasteiger partial charge in [-0.05, 0) is 62.4 Å². The van der Waals surface area contributed by atoms with Crippen LogP contribution in [0.15, 0.2) is 30.3 Å². The Morgan fingerprint density at radius 3 is 2.47 bits per heavy atom. The van der Waals surface area contributed by atoms with Crippen LogP contribution in [0.2, 0.25) is 5.02 Å². The molecular weight excluding hydrogens is 407 g/mol. The van der Waals surface area contributed by atoms with E-state index in [-0.39, 0.29) is 29.1 Å². The minimum Gasteiger partial charge on any atom is -0.483 e. The molecule has 160 valence electrons. The highest BCUT2D eigenvalue weighted by atomic mass is 35.5. The van der Waals surface area contributed by atoms with Crippen molar-refractivity contribution in [3.63, 3.8) is 0 Å². The van der Waals surface area contributed by atoms with Gasteiger partial charge < -0.3 is 15.0 Å². The lowest BCUT2D eigenvalue weighted by Gasteiger charge is -2.32. The van der Waals surface area contributed by atoms with Crippen molar-refractivity contribution in [2.24, 2.45) is 0 Å². The molecule has 1 fully saturated rings. The fourth-order valence-corrected chi connectivity index (χ4v) is 3.89. The van der Waals surface area contributed by atoms with E-state index in [1.807, 2.05) is 32.9 Å². The maximum Gasteiger partial charge on any atom is 0.258 e. The molecule has 1 N–H and O–H groups in total. The van der Waals surface area contributed by atoms with Gasteiger partial charge >= 0.3 is 0 Å². The summed E-state index contributed by atoms with van der Waals surface area (Å²) in [6, 6.07) is 8.15. The molecule has 1 aliphatic rings. The van der Waals surface area contributed by atoms with E-state index < -0.39 is 11.7 Å². The second-order valence-electron chi connectivity index (χ2n) is 7.67. The highest BCUT2D eigenvalue weighted by molar-refractivity contribution is 6.33. The lowest BCUT2D eigenvalue weighted by molar-refractivity contribution is -0.124. The van der Waals surface area contributed by atoms with E-state index in [0.29, 0.717) is 25.9 Å². The molecule has 1 heterocycles. The van der Waals surface area contributed by atoms with Crippen LogP contribution >= 0.6 is 11.6 Å². The van der Waals surface area contributed by atoms with E-state index in [1.54, 1.807) is 4.90 Å². The molecule has 1 aliphatic heterocycles. The highest BCUT2D eigenvalue weighted by Gasteiger charge is 2.27.